The van der Waals surface area contributed by atoms with Crippen LogP contribution in [0.15, 0.2) is 24.3 Å². The Bertz CT molecular complexity index is 419. The monoisotopic (exact) mass is 261 g/mol. The molecule has 0 bridgehead atoms. The molecule has 1 aromatic carbocycles. The van der Waals surface area contributed by atoms with E-state index >= 15 is 0 Å². The van der Waals surface area contributed by atoms with Crippen LogP contribution in [0, 0.1) is 5.41 Å². The van der Waals surface area contributed by atoms with Crippen LogP contribution < -0.4 is 5.32 Å². The summed E-state index contributed by atoms with van der Waals surface area (Å²) in [5.41, 5.74) is 2.29. The third-order valence-corrected chi connectivity index (χ3v) is 4.07. The van der Waals surface area contributed by atoms with Crippen molar-refractivity contribution in [3.63, 3.8) is 0 Å². The number of nitrogens with one attached hydrogen (secondary N) is 1. The van der Waals surface area contributed by atoms with Crippen molar-refractivity contribution in [2.45, 2.75) is 39.2 Å². The highest BCUT2D eigenvalue weighted by Crippen LogP contribution is 2.36. The van der Waals surface area contributed by atoms with Gasteiger partial charge in [0.05, 0.1) is 12.7 Å². The molecule has 1 aliphatic carbocycles. The number of rotatable bonds is 5. The lowest BCUT2D eigenvalue weighted by atomic mass is 9.89. The number of esters is 1. The molecule has 1 saturated carbocycles. The second kappa shape index (κ2) is 6.20. The molecular formula is C16H23NO2. The van der Waals surface area contributed by atoms with E-state index in [-0.39, 0.29) is 5.97 Å². The maximum atomic E-state index is 11.3. The summed E-state index contributed by atoms with van der Waals surface area (Å²) in [6, 6.07) is 7.60. The molecule has 0 heterocycles. The van der Waals surface area contributed by atoms with Crippen molar-refractivity contribution in [2.75, 3.05) is 13.7 Å². The van der Waals surface area contributed by atoms with Crippen LogP contribution in [0.2, 0.25) is 0 Å². The third kappa shape index (κ3) is 3.80. The standard InChI is InChI=1S/C16H23NO2/c1-16(9-3-4-10-16)12-17-11-13-5-7-14(8-6-13)15(18)19-2/h5-8,17H,3-4,9-12H2,1-2H3. The van der Waals surface area contributed by atoms with Crippen LogP contribution in [-0.2, 0) is 11.3 Å². The first-order chi connectivity index (χ1) is 9.13. The number of hydrogen-bond donors (Lipinski definition) is 1. The number of methoxy groups -OCH3 is 1. The van der Waals surface area contributed by atoms with Crippen LogP contribution in [0.4, 0.5) is 0 Å². The van der Waals surface area contributed by atoms with Crippen LogP contribution in [0.5, 0.6) is 0 Å². The maximum Gasteiger partial charge on any atom is 0.337 e. The summed E-state index contributed by atoms with van der Waals surface area (Å²) >= 11 is 0. The van der Waals surface area contributed by atoms with Crippen molar-refractivity contribution >= 4 is 5.97 Å². The lowest BCUT2D eigenvalue weighted by Gasteiger charge is -2.23. The van der Waals surface area contributed by atoms with Crippen molar-refractivity contribution < 1.29 is 9.53 Å². The Morgan fingerprint density at radius 3 is 2.47 bits per heavy atom. The molecule has 0 spiro atoms. The van der Waals surface area contributed by atoms with Crippen LogP contribution >= 0.6 is 0 Å². The van der Waals surface area contributed by atoms with Gasteiger partial charge in [0.2, 0.25) is 0 Å². The van der Waals surface area contributed by atoms with Crippen molar-refractivity contribution in [3.05, 3.63) is 35.4 Å². The highest BCUT2D eigenvalue weighted by molar-refractivity contribution is 5.89. The summed E-state index contributed by atoms with van der Waals surface area (Å²) in [5, 5.41) is 3.53. The summed E-state index contributed by atoms with van der Waals surface area (Å²) in [6.07, 6.45) is 5.40. The molecule has 1 N–H and O–H groups in total. The highest BCUT2D eigenvalue weighted by Gasteiger charge is 2.27. The van der Waals surface area contributed by atoms with Gasteiger partial charge in [0, 0.05) is 13.1 Å². The van der Waals surface area contributed by atoms with Gasteiger partial charge < -0.3 is 10.1 Å². The van der Waals surface area contributed by atoms with Crippen LogP contribution in [0.25, 0.3) is 0 Å². The number of ether oxygens (including phenoxy) is 1. The molecular weight excluding hydrogens is 238 g/mol. The highest BCUT2D eigenvalue weighted by atomic mass is 16.5. The molecule has 0 aromatic heterocycles. The quantitative estimate of drug-likeness (QED) is 0.827. The fraction of sp³-hybridized carbons (Fsp3) is 0.562. The topological polar surface area (TPSA) is 38.3 Å². The van der Waals surface area contributed by atoms with Crippen molar-refractivity contribution in [2.24, 2.45) is 5.41 Å². The largest absolute Gasteiger partial charge is 0.465 e. The number of hydrogen-bond acceptors (Lipinski definition) is 3. The molecule has 0 aliphatic heterocycles. The van der Waals surface area contributed by atoms with E-state index in [4.69, 9.17) is 0 Å². The fourth-order valence-electron chi connectivity index (χ4n) is 2.79. The van der Waals surface area contributed by atoms with Crippen molar-refractivity contribution in [3.8, 4) is 0 Å². The van der Waals surface area contributed by atoms with E-state index in [1.54, 1.807) is 0 Å². The average molecular weight is 261 g/mol. The van der Waals surface area contributed by atoms with E-state index in [0.717, 1.165) is 13.1 Å². The van der Waals surface area contributed by atoms with Crippen molar-refractivity contribution in [1.82, 2.24) is 5.32 Å². The van der Waals surface area contributed by atoms with Gasteiger partial charge in [-0.25, -0.2) is 4.79 Å². The zero-order chi connectivity index (χ0) is 13.7. The predicted molar refractivity (Wildman–Crippen MR) is 76.1 cm³/mol. The third-order valence-electron chi connectivity index (χ3n) is 4.07. The summed E-state index contributed by atoms with van der Waals surface area (Å²) in [7, 11) is 1.40. The van der Waals surface area contributed by atoms with Crippen molar-refractivity contribution in [1.29, 1.82) is 0 Å². The van der Waals surface area contributed by atoms with E-state index in [1.807, 2.05) is 24.3 Å². The molecule has 1 fully saturated rings. The van der Waals surface area contributed by atoms with Crippen LogP contribution in [-0.4, -0.2) is 19.6 Å². The zero-order valence-electron chi connectivity index (χ0n) is 11.9. The van der Waals surface area contributed by atoms with Gasteiger partial charge in [0.15, 0.2) is 0 Å². The SMILES string of the molecule is COC(=O)c1ccc(CNCC2(C)CCCC2)cc1. The average Bonchev–Trinajstić information content (AvgIpc) is 2.86. The van der Waals surface area contributed by atoms with Gasteiger partial charge in [-0.2, -0.15) is 0 Å². The molecule has 0 atom stereocenters. The summed E-state index contributed by atoms with van der Waals surface area (Å²) < 4.78 is 4.68. The van der Waals surface area contributed by atoms with Gasteiger partial charge in [-0.1, -0.05) is 31.9 Å². The number of benzene rings is 1. The minimum Gasteiger partial charge on any atom is -0.465 e. The Morgan fingerprint density at radius 2 is 1.89 bits per heavy atom. The zero-order valence-corrected chi connectivity index (χ0v) is 11.9. The first-order valence-electron chi connectivity index (χ1n) is 7.01. The van der Waals surface area contributed by atoms with Gasteiger partial charge in [-0.05, 0) is 36.0 Å². The Labute approximate surface area is 115 Å². The lowest BCUT2D eigenvalue weighted by molar-refractivity contribution is 0.0600. The minimum absolute atomic E-state index is 0.280. The molecule has 3 nitrogen and oxygen atoms in total. The van der Waals surface area contributed by atoms with E-state index in [9.17, 15) is 4.79 Å². The molecule has 2 rings (SSSR count). The van der Waals surface area contributed by atoms with Crippen LogP contribution in [0.3, 0.4) is 0 Å². The van der Waals surface area contributed by atoms with Crippen LogP contribution in [0.1, 0.15) is 48.5 Å². The van der Waals surface area contributed by atoms with E-state index in [0.29, 0.717) is 11.0 Å². The van der Waals surface area contributed by atoms with Gasteiger partial charge in [0.1, 0.15) is 0 Å². The fourth-order valence-corrected chi connectivity index (χ4v) is 2.79. The molecule has 1 aliphatic rings. The molecule has 0 amide bonds. The van der Waals surface area contributed by atoms with Gasteiger partial charge in [0.25, 0.3) is 0 Å². The molecule has 0 unspecified atom stereocenters. The molecule has 1 aromatic rings. The van der Waals surface area contributed by atoms with Gasteiger partial charge in [-0.3, -0.25) is 0 Å². The molecule has 19 heavy (non-hydrogen) atoms. The van der Waals surface area contributed by atoms with E-state index in [2.05, 4.69) is 17.0 Å². The first-order valence-corrected chi connectivity index (χ1v) is 7.01. The predicted octanol–water partition coefficient (Wildman–Crippen LogP) is 3.14. The Hall–Kier alpha value is -1.35. The second-order valence-corrected chi connectivity index (χ2v) is 5.81. The lowest BCUT2D eigenvalue weighted by Crippen LogP contribution is -2.29. The van der Waals surface area contributed by atoms with E-state index in [1.165, 1.54) is 38.4 Å². The Kier molecular flexibility index (Phi) is 4.59. The molecule has 3 heteroatoms. The number of carbonyl (C=O) groups is 1. The first kappa shape index (κ1) is 14.1. The molecule has 0 radical (unpaired) electrons. The summed E-state index contributed by atoms with van der Waals surface area (Å²) in [5.74, 6) is -0.280. The summed E-state index contributed by atoms with van der Waals surface area (Å²) in [4.78, 5) is 11.3. The Balaban J connectivity index is 1.81. The normalized spacial score (nSPS) is 17.4. The second-order valence-electron chi connectivity index (χ2n) is 5.81. The maximum absolute atomic E-state index is 11.3. The Morgan fingerprint density at radius 1 is 1.26 bits per heavy atom. The smallest absolute Gasteiger partial charge is 0.337 e. The van der Waals surface area contributed by atoms with Gasteiger partial charge >= 0.3 is 5.97 Å². The molecule has 104 valence electrons. The molecule has 0 saturated heterocycles. The summed E-state index contributed by atoms with van der Waals surface area (Å²) in [6.45, 7) is 4.30. The van der Waals surface area contributed by atoms with Gasteiger partial charge in [-0.15, -0.1) is 0 Å². The minimum atomic E-state index is -0.280. The number of carbonyl (C=O) groups excluding carboxylic acids is 1. The van der Waals surface area contributed by atoms with E-state index < -0.39 is 0 Å².